The smallest absolute Gasteiger partial charge is 0.327 e. The fraction of sp³-hybridized carbons (Fsp3) is 0.0714. The molecule has 3 aromatic rings. The molecule has 0 unspecified atom stereocenters. The lowest BCUT2D eigenvalue weighted by Gasteiger charge is -2.02. The molecule has 102 valence electrons. The number of nitrogens with one attached hydrogen (secondary N) is 1. The van der Waals surface area contributed by atoms with E-state index in [1.165, 1.54) is 0 Å². The number of hydrogen-bond donors (Lipinski definition) is 1. The molecule has 1 aromatic heterocycles. The van der Waals surface area contributed by atoms with Gasteiger partial charge in [-0.05, 0) is 17.7 Å². The first-order valence-electron chi connectivity index (χ1n) is 6.03. The molecule has 0 amide bonds. The summed E-state index contributed by atoms with van der Waals surface area (Å²) in [6.07, 6.45) is 0. The maximum atomic E-state index is 12.1. The number of fused-ring (bicyclic) bond motifs is 1. The molecule has 0 aliphatic heterocycles. The van der Waals surface area contributed by atoms with Gasteiger partial charge in [0.05, 0.1) is 17.6 Å². The molecule has 20 heavy (non-hydrogen) atoms. The highest BCUT2D eigenvalue weighted by atomic mass is 32.2. The molecule has 0 atom stereocenters. The Labute approximate surface area is 116 Å². The molecule has 1 N–H and O–H groups in total. The summed E-state index contributed by atoms with van der Waals surface area (Å²) in [5, 5.41) is -0.172. The van der Waals surface area contributed by atoms with Crippen LogP contribution in [-0.4, -0.2) is 18.4 Å². The quantitative estimate of drug-likeness (QED) is 0.749. The Balaban J connectivity index is 1.84. The molecule has 0 bridgehead atoms. The van der Waals surface area contributed by atoms with E-state index in [2.05, 4.69) is 9.97 Å². The first kappa shape index (κ1) is 12.8. The van der Waals surface area contributed by atoms with Gasteiger partial charge in [-0.25, -0.2) is 4.98 Å². The number of nitrogens with zero attached hydrogens (tertiary/aromatic N) is 1. The van der Waals surface area contributed by atoms with Gasteiger partial charge in [0.25, 0.3) is 5.16 Å². The molecule has 6 heteroatoms. The van der Waals surface area contributed by atoms with Crippen LogP contribution in [-0.2, 0) is 20.9 Å². The lowest BCUT2D eigenvalue weighted by Crippen LogP contribution is -2.08. The predicted molar refractivity (Wildman–Crippen MR) is 74.5 cm³/mol. The number of aromatic amines is 1. The van der Waals surface area contributed by atoms with Gasteiger partial charge in [0, 0.05) is 0 Å². The predicted octanol–water partition coefficient (Wildman–Crippen LogP) is 2.47. The molecular weight excluding hydrogens is 276 g/mol. The summed E-state index contributed by atoms with van der Waals surface area (Å²) in [6.45, 7) is -0.0137. The van der Waals surface area contributed by atoms with Gasteiger partial charge < -0.3 is 4.98 Å². The first-order valence-corrected chi connectivity index (χ1v) is 7.44. The van der Waals surface area contributed by atoms with E-state index in [4.69, 9.17) is 4.18 Å². The lowest BCUT2D eigenvalue weighted by atomic mass is 10.2. The van der Waals surface area contributed by atoms with Gasteiger partial charge >= 0.3 is 10.1 Å². The van der Waals surface area contributed by atoms with E-state index >= 15 is 0 Å². The van der Waals surface area contributed by atoms with E-state index in [1.54, 1.807) is 30.3 Å². The molecule has 0 aliphatic carbocycles. The van der Waals surface area contributed by atoms with Gasteiger partial charge in [0.15, 0.2) is 0 Å². The summed E-state index contributed by atoms with van der Waals surface area (Å²) in [7, 11) is -3.89. The second-order valence-corrected chi connectivity index (χ2v) is 5.79. The van der Waals surface area contributed by atoms with Crippen molar-refractivity contribution in [1.82, 2.24) is 9.97 Å². The Morgan fingerprint density at radius 2 is 1.70 bits per heavy atom. The molecule has 1 heterocycles. The molecule has 2 aromatic carbocycles. The minimum Gasteiger partial charge on any atom is -0.327 e. The van der Waals surface area contributed by atoms with Crippen LogP contribution in [0.5, 0.6) is 0 Å². The maximum absolute atomic E-state index is 12.1. The lowest BCUT2D eigenvalue weighted by molar-refractivity contribution is 0.305. The van der Waals surface area contributed by atoms with Crippen molar-refractivity contribution in [2.45, 2.75) is 11.8 Å². The van der Waals surface area contributed by atoms with E-state index < -0.39 is 10.1 Å². The molecule has 3 rings (SSSR count). The molecule has 0 fully saturated rings. The number of aromatic nitrogens is 2. The first-order chi connectivity index (χ1) is 9.65. The van der Waals surface area contributed by atoms with E-state index in [0.29, 0.717) is 11.0 Å². The molecule has 0 spiro atoms. The van der Waals surface area contributed by atoms with E-state index in [0.717, 1.165) is 5.56 Å². The van der Waals surface area contributed by atoms with Crippen molar-refractivity contribution < 1.29 is 12.6 Å². The fourth-order valence-corrected chi connectivity index (χ4v) is 2.67. The minimum atomic E-state index is -3.89. The van der Waals surface area contributed by atoms with Gasteiger partial charge in [-0.1, -0.05) is 42.5 Å². The van der Waals surface area contributed by atoms with Crippen LogP contribution in [0.4, 0.5) is 0 Å². The van der Waals surface area contributed by atoms with E-state index in [-0.39, 0.29) is 11.8 Å². The largest absolute Gasteiger partial charge is 0.331 e. The van der Waals surface area contributed by atoms with Crippen LogP contribution in [0.25, 0.3) is 11.0 Å². The normalized spacial score (nSPS) is 11.8. The Morgan fingerprint density at radius 1 is 1.00 bits per heavy atom. The van der Waals surface area contributed by atoms with E-state index in [9.17, 15) is 8.42 Å². The summed E-state index contributed by atoms with van der Waals surface area (Å²) in [5.74, 6) is 0. The second kappa shape index (κ2) is 5.07. The van der Waals surface area contributed by atoms with Crippen LogP contribution < -0.4 is 0 Å². The van der Waals surface area contributed by atoms with Crippen LogP contribution in [0, 0.1) is 0 Å². The maximum Gasteiger partial charge on any atom is 0.331 e. The third-order valence-electron chi connectivity index (χ3n) is 2.83. The molecule has 0 saturated heterocycles. The van der Waals surface area contributed by atoms with Gasteiger partial charge in [-0.15, -0.1) is 0 Å². The van der Waals surface area contributed by atoms with E-state index in [1.807, 2.05) is 24.3 Å². The Bertz CT molecular complexity index is 793. The molecular formula is C14H12N2O3S. The standard InChI is InChI=1S/C14H12N2O3S/c17-20(18,19-10-11-6-2-1-3-7-11)14-15-12-8-4-5-9-13(12)16-14/h1-9H,10H2,(H,15,16). The van der Waals surface area contributed by atoms with Crippen molar-refractivity contribution in [3.8, 4) is 0 Å². The second-order valence-electron chi connectivity index (χ2n) is 4.26. The van der Waals surface area contributed by atoms with Crippen molar-refractivity contribution in [3.05, 3.63) is 60.2 Å². The highest BCUT2D eigenvalue weighted by molar-refractivity contribution is 7.86. The number of hydrogen-bond acceptors (Lipinski definition) is 4. The summed E-state index contributed by atoms with van der Waals surface area (Å²) in [4.78, 5) is 6.78. The van der Waals surface area contributed by atoms with Crippen LogP contribution in [0.15, 0.2) is 59.8 Å². The zero-order valence-corrected chi connectivity index (χ0v) is 11.3. The zero-order valence-electron chi connectivity index (χ0n) is 10.5. The van der Waals surface area contributed by atoms with Crippen LogP contribution in [0.2, 0.25) is 0 Å². The van der Waals surface area contributed by atoms with Gasteiger partial charge in [0.1, 0.15) is 0 Å². The topological polar surface area (TPSA) is 72.1 Å². The van der Waals surface area contributed by atoms with Crippen molar-refractivity contribution >= 4 is 21.2 Å². The number of rotatable bonds is 4. The summed E-state index contributed by atoms with van der Waals surface area (Å²) in [6, 6.07) is 16.2. The number of imidazole rings is 1. The minimum absolute atomic E-state index is 0.0137. The zero-order chi connectivity index (χ0) is 14.0. The van der Waals surface area contributed by atoms with Crippen molar-refractivity contribution in [2.24, 2.45) is 0 Å². The monoisotopic (exact) mass is 288 g/mol. The average Bonchev–Trinajstić information content (AvgIpc) is 2.91. The SMILES string of the molecule is O=S(=O)(OCc1ccccc1)c1nc2ccccc2[nH]1. The third-order valence-corrected chi connectivity index (χ3v) is 3.92. The summed E-state index contributed by atoms with van der Waals surface area (Å²) >= 11 is 0. The highest BCUT2D eigenvalue weighted by Crippen LogP contribution is 2.16. The van der Waals surface area contributed by atoms with Crippen molar-refractivity contribution in [2.75, 3.05) is 0 Å². The Morgan fingerprint density at radius 3 is 2.45 bits per heavy atom. The number of para-hydroxylation sites is 2. The summed E-state index contributed by atoms with van der Waals surface area (Å²) < 4.78 is 29.1. The molecule has 5 nitrogen and oxygen atoms in total. The molecule has 0 aliphatic rings. The fourth-order valence-electron chi connectivity index (χ4n) is 1.82. The van der Waals surface area contributed by atoms with Crippen LogP contribution in [0.3, 0.4) is 0 Å². The Hall–Kier alpha value is -2.18. The number of H-pyrrole nitrogens is 1. The van der Waals surface area contributed by atoms with Crippen LogP contribution >= 0.6 is 0 Å². The van der Waals surface area contributed by atoms with Gasteiger partial charge in [-0.2, -0.15) is 8.42 Å². The third kappa shape index (κ3) is 2.56. The average molecular weight is 288 g/mol. The van der Waals surface area contributed by atoms with Gasteiger partial charge in [0.2, 0.25) is 0 Å². The summed E-state index contributed by atoms with van der Waals surface area (Å²) in [5.41, 5.74) is 2.04. The molecule has 0 saturated carbocycles. The number of benzene rings is 2. The Kier molecular flexibility index (Phi) is 3.25. The highest BCUT2D eigenvalue weighted by Gasteiger charge is 2.20. The molecule has 0 radical (unpaired) electrons. The van der Waals surface area contributed by atoms with Gasteiger partial charge in [-0.3, -0.25) is 4.18 Å². The van der Waals surface area contributed by atoms with Crippen LogP contribution in [0.1, 0.15) is 5.56 Å². The van der Waals surface area contributed by atoms with Crippen molar-refractivity contribution in [1.29, 1.82) is 0 Å². The van der Waals surface area contributed by atoms with Crippen molar-refractivity contribution in [3.63, 3.8) is 0 Å².